The van der Waals surface area contributed by atoms with Gasteiger partial charge >= 0.3 is 5.97 Å². The molecule has 2 aliphatic heterocycles. The van der Waals surface area contributed by atoms with Crippen LogP contribution in [0.2, 0.25) is 0 Å². The highest BCUT2D eigenvalue weighted by atomic mass is 16.4. The molecule has 0 radical (unpaired) electrons. The highest BCUT2D eigenvalue weighted by Gasteiger charge is 2.50. The summed E-state index contributed by atoms with van der Waals surface area (Å²) in [5, 5.41) is 9.77. The summed E-state index contributed by atoms with van der Waals surface area (Å²) in [5.74, 6) is -0.558. The molecule has 1 aromatic rings. The number of nitrogens with zero attached hydrogens (tertiary/aromatic N) is 2. The number of carboxylic acid groups (broad SMARTS) is 1. The van der Waals surface area contributed by atoms with E-state index in [2.05, 4.69) is 0 Å². The largest absolute Gasteiger partial charge is 0.480 e. The summed E-state index contributed by atoms with van der Waals surface area (Å²) in [4.78, 5) is 40.9. The van der Waals surface area contributed by atoms with Crippen molar-refractivity contribution in [2.24, 2.45) is 11.3 Å². The molecule has 1 saturated carbocycles. The fourth-order valence-electron chi connectivity index (χ4n) is 4.95. The fraction of sp³-hybridized carbons (Fsp3) is 0.609. The van der Waals surface area contributed by atoms with E-state index in [9.17, 15) is 19.5 Å². The summed E-state index contributed by atoms with van der Waals surface area (Å²) in [7, 11) is 0. The zero-order valence-electron chi connectivity index (χ0n) is 17.3. The molecule has 1 atom stereocenters. The normalized spacial score (nSPS) is 23.4. The molecular weight excluding hydrogens is 368 g/mol. The second-order valence-electron chi connectivity index (χ2n) is 9.29. The van der Waals surface area contributed by atoms with Crippen LogP contribution in [0.3, 0.4) is 0 Å². The Morgan fingerprint density at radius 1 is 1.14 bits per heavy atom. The smallest absolute Gasteiger partial charge is 0.326 e. The maximum absolute atomic E-state index is 13.1. The quantitative estimate of drug-likeness (QED) is 0.846. The topological polar surface area (TPSA) is 77.9 Å². The molecule has 6 heteroatoms. The van der Waals surface area contributed by atoms with Crippen LogP contribution in [-0.2, 0) is 20.8 Å². The van der Waals surface area contributed by atoms with Gasteiger partial charge in [0, 0.05) is 25.6 Å². The zero-order chi connectivity index (χ0) is 20.8. The molecule has 29 heavy (non-hydrogen) atoms. The highest BCUT2D eigenvalue weighted by Crippen LogP contribution is 2.44. The molecule has 1 aromatic carbocycles. The first kappa shape index (κ1) is 19.9. The van der Waals surface area contributed by atoms with Crippen LogP contribution >= 0.6 is 0 Å². The minimum absolute atomic E-state index is 0.112. The first-order valence-corrected chi connectivity index (χ1v) is 10.7. The molecule has 0 unspecified atom stereocenters. The highest BCUT2D eigenvalue weighted by molar-refractivity contribution is 5.86. The van der Waals surface area contributed by atoms with Crippen molar-refractivity contribution >= 4 is 17.8 Å². The van der Waals surface area contributed by atoms with Crippen molar-refractivity contribution < 1.29 is 19.5 Å². The minimum atomic E-state index is -0.923. The lowest BCUT2D eigenvalue weighted by Crippen LogP contribution is -2.45. The van der Waals surface area contributed by atoms with Crippen molar-refractivity contribution in [1.82, 2.24) is 9.80 Å². The molecule has 3 aliphatic rings. The van der Waals surface area contributed by atoms with Crippen LogP contribution < -0.4 is 0 Å². The zero-order valence-corrected chi connectivity index (χ0v) is 17.3. The fourth-order valence-corrected chi connectivity index (χ4v) is 4.95. The van der Waals surface area contributed by atoms with Gasteiger partial charge in [-0.1, -0.05) is 23.8 Å². The second kappa shape index (κ2) is 7.47. The maximum atomic E-state index is 13.1. The predicted molar refractivity (Wildman–Crippen MR) is 108 cm³/mol. The molecule has 2 amide bonds. The van der Waals surface area contributed by atoms with E-state index >= 15 is 0 Å². The number of amides is 2. The Labute approximate surface area is 171 Å². The molecule has 2 heterocycles. The summed E-state index contributed by atoms with van der Waals surface area (Å²) >= 11 is 0. The number of benzene rings is 1. The van der Waals surface area contributed by atoms with Gasteiger partial charge in [0.1, 0.15) is 6.04 Å². The summed E-state index contributed by atoms with van der Waals surface area (Å²) < 4.78 is 0. The Morgan fingerprint density at radius 2 is 1.83 bits per heavy atom. The third-order valence-electron chi connectivity index (χ3n) is 7.02. The Hall–Kier alpha value is -2.37. The molecule has 2 saturated heterocycles. The average Bonchev–Trinajstić information content (AvgIpc) is 3.47. The van der Waals surface area contributed by atoms with Gasteiger partial charge in [0.15, 0.2) is 0 Å². The van der Waals surface area contributed by atoms with E-state index in [1.807, 2.05) is 36.9 Å². The number of carbonyl (C=O) groups is 3. The van der Waals surface area contributed by atoms with Gasteiger partial charge in [-0.3, -0.25) is 9.59 Å². The lowest BCUT2D eigenvalue weighted by molar-refractivity contribution is -0.148. The lowest BCUT2D eigenvalue weighted by Gasteiger charge is -2.39. The van der Waals surface area contributed by atoms with E-state index in [1.165, 1.54) is 0 Å². The molecule has 1 N–H and O–H groups in total. The van der Waals surface area contributed by atoms with E-state index in [0.717, 1.165) is 42.4 Å². The van der Waals surface area contributed by atoms with E-state index < -0.39 is 12.0 Å². The predicted octanol–water partition coefficient (Wildman–Crippen LogP) is 2.55. The number of hydrogen-bond acceptors (Lipinski definition) is 3. The first-order chi connectivity index (χ1) is 13.8. The van der Waals surface area contributed by atoms with Gasteiger partial charge in [-0.25, -0.2) is 4.79 Å². The summed E-state index contributed by atoms with van der Waals surface area (Å²) in [6, 6.07) is 5.27. The van der Waals surface area contributed by atoms with Crippen LogP contribution in [0, 0.1) is 25.2 Å². The standard InChI is InChI=1S/C23H30N2O4/c1-15-3-4-16(2)18(11-15)12-20(26)25-14-23(13-19(25)22(28)29)7-9-24(10-8-23)21(27)17-5-6-17/h3-4,11,17,19H,5-10,12-14H2,1-2H3,(H,28,29)/t19-/m1/s1. The van der Waals surface area contributed by atoms with Crippen molar-refractivity contribution in [2.45, 2.75) is 58.4 Å². The number of aliphatic carboxylic acids is 1. The first-order valence-electron chi connectivity index (χ1n) is 10.7. The van der Waals surface area contributed by atoms with Crippen molar-refractivity contribution in [2.75, 3.05) is 19.6 Å². The van der Waals surface area contributed by atoms with Crippen molar-refractivity contribution in [3.8, 4) is 0 Å². The number of likely N-dealkylation sites (tertiary alicyclic amines) is 2. The molecule has 156 valence electrons. The van der Waals surface area contributed by atoms with Crippen LogP contribution in [0.5, 0.6) is 0 Å². The van der Waals surface area contributed by atoms with Gasteiger partial charge in [0.2, 0.25) is 11.8 Å². The van der Waals surface area contributed by atoms with E-state index in [0.29, 0.717) is 26.1 Å². The van der Waals surface area contributed by atoms with Crippen LogP contribution in [0.1, 0.15) is 48.8 Å². The molecule has 3 fully saturated rings. The summed E-state index contributed by atoms with van der Waals surface area (Å²) in [6.07, 6.45) is 4.29. The molecule has 0 bridgehead atoms. The summed E-state index contributed by atoms with van der Waals surface area (Å²) in [5.41, 5.74) is 2.93. The SMILES string of the molecule is Cc1ccc(C)c(CC(=O)N2CC3(CCN(C(=O)C4CC4)CC3)C[C@@H]2C(=O)O)c1. The third-order valence-corrected chi connectivity index (χ3v) is 7.02. The number of hydrogen-bond donors (Lipinski definition) is 1. The second-order valence-corrected chi connectivity index (χ2v) is 9.29. The van der Waals surface area contributed by atoms with Crippen molar-refractivity contribution in [3.63, 3.8) is 0 Å². The third kappa shape index (κ3) is 4.02. The number of piperidine rings is 1. The van der Waals surface area contributed by atoms with Gasteiger partial charge in [-0.15, -0.1) is 0 Å². The van der Waals surface area contributed by atoms with E-state index in [-0.39, 0.29) is 29.6 Å². The van der Waals surface area contributed by atoms with Crippen molar-refractivity contribution in [3.05, 3.63) is 34.9 Å². The molecular formula is C23H30N2O4. The van der Waals surface area contributed by atoms with Gasteiger partial charge in [-0.2, -0.15) is 0 Å². The number of carboxylic acids is 1. The Balaban J connectivity index is 1.46. The Kier molecular flexibility index (Phi) is 5.13. The Bertz CT molecular complexity index is 837. The monoisotopic (exact) mass is 398 g/mol. The van der Waals surface area contributed by atoms with Gasteiger partial charge in [0.05, 0.1) is 6.42 Å². The minimum Gasteiger partial charge on any atom is -0.480 e. The molecule has 4 rings (SSSR count). The van der Waals surface area contributed by atoms with Gasteiger partial charge in [0.25, 0.3) is 0 Å². The van der Waals surface area contributed by atoms with Crippen LogP contribution in [0.15, 0.2) is 18.2 Å². The van der Waals surface area contributed by atoms with Crippen molar-refractivity contribution in [1.29, 1.82) is 0 Å². The average molecular weight is 399 g/mol. The van der Waals surface area contributed by atoms with Crippen LogP contribution in [-0.4, -0.2) is 58.4 Å². The molecule has 6 nitrogen and oxygen atoms in total. The van der Waals surface area contributed by atoms with E-state index in [1.54, 1.807) is 4.90 Å². The number of rotatable bonds is 4. The van der Waals surface area contributed by atoms with Crippen LogP contribution in [0.25, 0.3) is 0 Å². The summed E-state index contributed by atoms with van der Waals surface area (Å²) in [6.45, 7) is 5.82. The lowest BCUT2D eigenvalue weighted by atomic mass is 9.76. The number of aryl methyl sites for hydroxylation is 2. The van der Waals surface area contributed by atoms with Crippen LogP contribution in [0.4, 0.5) is 0 Å². The Morgan fingerprint density at radius 3 is 2.45 bits per heavy atom. The molecule has 1 aliphatic carbocycles. The maximum Gasteiger partial charge on any atom is 0.326 e. The van der Waals surface area contributed by atoms with E-state index in [4.69, 9.17) is 0 Å². The molecule has 1 spiro atoms. The number of carbonyl (C=O) groups excluding carboxylic acids is 2. The molecule has 0 aromatic heterocycles. The van der Waals surface area contributed by atoms with Gasteiger partial charge < -0.3 is 14.9 Å². The van der Waals surface area contributed by atoms with Gasteiger partial charge in [-0.05, 0) is 62.5 Å².